The van der Waals surface area contributed by atoms with Gasteiger partial charge in [0.05, 0.1) is 36.3 Å². The summed E-state index contributed by atoms with van der Waals surface area (Å²) in [6, 6.07) is 0. The summed E-state index contributed by atoms with van der Waals surface area (Å²) in [4.78, 5) is 0. The Morgan fingerprint density at radius 2 is 0.296 bits per heavy atom. The number of hydrogen-bond acceptors (Lipinski definition) is 3. The lowest BCUT2D eigenvalue weighted by Crippen LogP contribution is -2.51. The minimum Gasteiger partial charge on any atom is -0.748 e. The molecular weight excluding hydrogens is 1010 g/mol. The van der Waals surface area contributed by atoms with E-state index in [4.69, 9.17) is 0 Å². The summed E-state index contributed by atoms with van der Waals surface area (Å²) in [6.07, 6.45) is 95.4. The Labute approximate surface area is 514 Å². The maximum Gasteiger partial charge on any atom is 0.0945 e. The zero-order valence-electron chi connectivity index (χ0n) is 56.7. The first-order chi connectivity index (χ1) is 39.9. The average Bonchev–Trinajstić information content (AvgIpc) is 3.46. The first-order valence-electron chi connectivity index (χ1n) is 38.7. The van der Waals surface area contributed by atoms with E-state index in [9.17, 15) is 13.0 Å². The van der Waals surface area contributed by atoms with Gasteiger partial charge in [0.15, 0.2) is 0 Å². The molecule has 0 rings (SSSR count). The molecule has 0 fully saturated rings. The molecule has 0 saturated heterocycles. The fraction of sp³-hybridized carbons (Fsp3) is 1.00. The SMILES string of the molecule is CCCCCCCCCCCCCCCCCCCCCCCC[N+](CCCCCCCCCCCCCCCCCCCCCCCC)(CCCCCCCCCCCCCCCCCCCCCCCC)CCCCS(=O)(=O)[O-]. The molecule has 0 radical (unpaired) electrons. The third kappa shape index (κ3) is 68.9. The van der Waals surface area contributed by atoms with E-state index >= 15 is 0 Å². The molecule has 0 aromatic rings. The molecule has 0 aliphatic rings. The highest BCUT2D eigenvalue weighted by atomic mass is 32.2. The fourth-order valence-corrected chi connectivity index (χ4v) is 14.1. The van der Waals surface area contributed by atoms with E-state index in [0.29, 0.717) is 6.42 Å². The first-order valence-corrected chi connectivity index (χ1v) is 40.3. The fourth-order valence-electron chi connectivity index (χ4n) is 13.6. The van der Waals surface area contributed by atoms with Gasteiger partial charge in [-0.25, -0.2) is 8.42 Å². The molecular formula is C76H155NO3S. The molecule has 4 nitrogen and oxygen atoms in total. The van der Waals surface area contributed by atoms with Gasteiger partial charge in [0.25, 0.3) is 0 Å². The highest BCUT2D eigenvalue weighted by Crippen LogP contribution is 2.23. The van der Waals surface area contributed by atoms with E-state index < -0.39 is 10.1 Å². The Balaban J connectivity index is 4.64. The van der Waals surface area contributed by atoms with Crippen molar-refractivity contribution in [2.75, 3.05) is 31.9 Å². The zero-order chi connectivity index (χ0) is 58.6. The van der Waals surface area contributed by atoms with Gasteiger partial charge in [0.1, 0.15) is 0 Å². The third-order valence-electron chi connectivity index (χ3n) is 19.2. The molecule has 0 aromatic heterocycles. The largest absolute Gasteiger partial charge is 0.748 e. The van der Waals surface area contributed by atoms with Gasteiger partial charge in [0, 0.05) is 5.75 Å². The molecule has 0 N–H and O–H groups in total. The smallest absolute Gasteiger partial charge is 0.0945 e. The summed E-state index contributed by atoms with van der Waals surface area (Å²) >= 11 is 0. The summed E-state index contributed by atoms with van der Waals surface area (Å²) in [6.45, 7) is 11.7. The number of unbranched alkanes of at least 4 members (excludes halogenated alkanes) is 64. The van der Waals surface area contributed by atoms with Crippen molar-refractivity contribution < 1.29 is 17.5 Å². The monoisotopic (exact) mass is 1160 g/mol. The van der Waals surface area contributed by atoms with E-state index in [0.717, 1.165) is 13.0 Å². The molecule has 0 heterocycles. The topological polar surface area (TPSA) is 57.2 Å². The quantitative estimate of drug-likeness (QED) is 0.0346. The van der Waals surface area contributed by atoms with Crippen LogP contribution in [-0.2, 0) is 10.1 Å². The average molecular weight is 1160 g/mol. The Morgan fingerprint density at radius 1 is 0.185 bits per heavy atom. The van der Waals surface area contributed by atoms with Gasteiger partial charge >= 0.3 is 0 Å². The molecule has 81 heavy (non-hydrogen) atoms. The van der Waals surface area contributed by atoms with Gasteiger partial charge < -0.3 is 9.04 Å². The van der Waals surface area contributed by atoms with E-state index in [1.54, 1.807) is 0 Å². The van der Waals surface area contributed by atoms with Crippen LogP contribution in [0.4, 0.5) is 0 Å². The van der Waals surface area contributed by atoms with Crippen LogP contribution in [0.25, 0.3) is 0 Å². The standard InChI is InChI=1S/C76H155NO3S/c1-4-7-10-13-16-19-22-25-28-31-34-37-40-43-46-49-52-55-58-61-64-67-72-77(75-70-71-76-81(78,79)80,73-68-65-62-59-56-53-50-47-44-41-38-35-32-29-26-23-20-17-14-11-8-5-2)74-69-66-63-60-57-54-51-48-45-42-39-36-33-30-27-24-21-18-15-12-9-6-3/h4-76H2,1-3H3. The Bertz CT molecular complexity index is 1120. The van der Waals surface area contributed by atoms with E-state index in [1.165, 1.54) is 448 Å². The maximum atomic E-state index is 11.6. The van der Waals surface area contributed by atoms with Gasteiger partial charge in [-0.05, 0) is 51.4 Å². The lowest BCUT2D eigenvalue weighted by Gasteiger charge is -2.40. The molecule has 0 unspecified atom stereocenters. The molecule has 0 saturated carbocycles. The lowest BCUT2D eigenvalue weighted by molar-refractivity contribution is -0.929. The number of quaternary nitrogens is 1. The number of hydrogen-bond donors (Lipinski definition) is 0. The molecule has 0 amide bonds. The first kappa shape index (κ1) is 80.9. The summed E-state index contributed by atoms with van der Waals surface area (Å²) in [7, 11) is -4.15. The molecule has 5 heteroatoms. The van der Waals surface area contributed by atoms with Crippen molar-refractivity contribution >= 4 is 10.1 Å². The van der Waals surface area contributed by atoms with Crippen molar-refractivity contribution in [3.8, 4) is 0 Å². The lowest BCUT2D eigenvalue weighted by atomic mass is 10.0. The summed E-state index contributed by atoms with van der Waals surface area (Å²) in [5, 5.41) is 0. The van der Waals surface area contributed by atoms with Crippen LogP contribution >= 0.6 is 0 Å². The molecule has 0 aliphatic heterocycles. The molecule has 0 spiro atoms. The van der Waals surface area contributed by atoms with Crippen LogP contribution in [0, 0.1) is 0 Å². The van der Waals surface area contributed by atoms with Crippen molar-refractivity contribution in [2.45, 2.75) is 457 Å². The van der Waals surface area contributed by atoms with Crippen LogP contribution in [0.5, 0.6) is 0 Å². The maximum absolute atomic E-state index is 11.6. The van der Waals surface area contributed by atoms with Crippen LogP contribution in [0.3, 0.4) is 0 Å². The third-order valence-corrected chi connectivity index (χ3v) is 20.0. The second-order valence-corrected chi connectivity index (χ2v) is 29.0. The van der Waals surface area contributed by atoms with Crippen LogP contribution in [0.2, 0.25) is 0 Å². The van der Waals surface area contributed by atoms with E-state index in [-0.39, 0.29) is 5.75 Å². The minimum atomic E-state index is -4.15. The van der Waals surface area contributed by atoms with Gasteiger partial charge in [-0.2, -0.15) is 0 Å². The second kappa shape index (κ2) is 69.0. The Hall–Kier alpha value is -0.130. The Kier molecular flexibility index (Phi) is 68.9. The highest BCUT2D eigenvalue weighted by Gasteiger charge is 2.26. The number of nitrogens with zero attached hydrogens (tertiary/aromatic N) is 1. The summed E-state index contributed by atoms with van der Waals surface area (Å²) < 4.78 is 36.1. The van der Waals surface area contributed by atoms with E-state index in [1.807, 2.05) is 0 Å². The molecule has 488 valence electrons. The van der Waals surface area contributed by atoms with Gasteiger partial charge in [0.2, 0.25) is 0 Å². The molecule has 0 aromatic carbocycles. The summed E-state index contributed by atoms with van der Waals surface area (Å²) in [5.41, 5.74) is 0. The van der Waals surface area contributed by atoms with Crippen molar-refractivity contribution in [3.05, 3.63) is 0 Å². The van der Waals surface area contributed by atoms with E-state index in [2.05, 4.69) is 20.8 Å². The van der Waals surface area contributed by atoms with Crippen LogP contribution in [-0.4, -0.2) is 49.4 Å². The van der Waals surface area contributed by atoms with Crippen molar-refractivity contribution in [1.29, 1.82) is 0 Å². The zero-order valence-corrected chi connectivity index (χ0v) is 57.5. The second-order valence-electron chi connectivity index (χ2n) is 27.5. The van der Waals surface area contributed by atoms with Crippen LogP contribution in [0.1, 0.15) is 457 Å². The van der Waals surface area contributed by atoms with Gasteiger partial charge in [-0.15, -0.1) is 0 Å². The predicted molar refractivity (Wildman–Crippen MR) is 365 cm³/mol. The Morgan fingerprint density at radius 3 is 0.420 bits per heavy atom. The van der Waals surface area contributed by atoms with Crippen LogP contribution in [0.15, 0.2) is 0 Å². The molecule has 0 bridgehead atoms. The van der Waals surface area contributed by atoms with Crippen LogP contribution < -0.4 is 0 Å². The summed E-state index contributed by atoms with van der Waals surface area (Å²) in [5.74, 6) is -0.189. The predicted octanol–water partition coefficient (Wildman–Crippen LogP) is 26.9. The van der Waals surface area contributed by atoms with Crippen molar-refractivity contribution in [2.24, 2.45) is 0 Å². The molecule has 0 atom stereocenters. The van der Waals surface area contributed by atoms with Crippen molar-refractivity contribution in [1.82, 2.24) is 0 Å². The number of rotatable bonds is 74. The highest BCUT2D eigenvalue weighted by molar-refractivity contribution is 7.85. The molecule has 0 aliphatic carbocycles. The van der Waals surface area contributed by atoms with Gasteiger partial charge in [-0.1, -0.05) is 406 Å². The normalized spacial score (nSPS) is 12.2. The minimum absolute atomic E-state index is 0.189. The van der Waals surface area contributed by atoms with Crippen molar-refractivity contribution in [3.63, 3.8) is 0 Å². The van der Waals surface area contributed by atoms with Gasteiger partial charge in [-0.3, -0.25) is 0 Å².